The molecule has 9 aromatic rings. The van der Waals surface area contributed by atoms with E-state index in [2.05, 4.69) is 118 Å². The molecule has 260 valence electrons. The third-order valence-corrected chi connectivity index (χ3v) is 9.50. The lowest BCUT2D eigenvalue weighted by Gasteiger charge is -2.13. The topological polar surface area (TPSA) is 77.3 Å². The van der Waals surface area contributed by atoms with Gasteiger partial charge < -0.3 is 0 Å². The first kappa shape index (κ1) is 33.4. The van der Waals surface area contributed by atoms with Gasteiger partial charge in [-0.05, 0) is 148 Å². The first-order valence-electron chi connectivity index (χ1n) is 18.2. The predicted octanol–water partition coefficient (Wildman–Crippen LogP) is 11.7. The third-order valence-electron chi connectivity index (χ3n) is 9.50. The maximum atomic E-state index is 4.97. The molecular weight excluding hydrogens is 673 g/mol. The fraction of sp³-hybridized carbons (Fsp3) is 0.0204. The number of hydrogen-bond donors (Lipinski definition) is 0. The number of nitrogens with zero attached hydrogens (tertiary/aromatic N) is 6. The molecule has 55 heavy (non-hydrogen) atoms. The van der Waals surface area contributed by atoms with Crippen LogP contribution in [0.3, 0.4) is 0 Å². The van der Waals surface area contributed by atoms with Crippen LogP contribution >= 0.6 is 0 Å². The smallest absolute Gasteiger partial charge is 0.0900 e. The molecule has 0 unspecified atom stereocenters. The van der Waals surface area contributed by atoms with E-state index in [1.165, 1.54) is 5.56 Å². The summed E-state index contributed by atoms with van der Waals surface area (Å²) in [6.07, 6.45) is 7.19. The Kier molecular flexibility index (Phi) is 9.04. The van der Waals surface area contributed by atoms with Gasteiger partial charge in [0, 0.05) is 24.8 Å². The predicted molar refractivity (Wildman–Crippen MR) is 221 cm³/mol. The molecule has 0 N–H and O–H groups in total. The van der Waals surface area contributed by atoms with Crippen LogP contribution in [0.2, 0.25) is 0 Å². The molecule has 6 heteroatoms. The second-order valence-electron chi connectivity index (χ2n) is 13.4. The van der Waals surface area contributed by atoms with Crippen LogP contribution < -0.4 is 0 Å². The van der Waals surface area contributed by atoms with Gasteiger partial charge >= 0.3 is 0 Å². The molecule has 0 radical (unpaired) electrons. The van der Waals surface area contributed by atoms with Gasteiger partial charge in [-0.15, -0.1) is 0 Å². The van der Waals surface area contributed by atoms with Crippen molar-refractivity contribution in [3.63, 3.8) is 0 Å². The number of benzene rings is 3. The van der Waals surface area contributed by atoms with Gasteiger partial charge in [0.15, 0.2) is 0 Å². The molecule has 0 aliphatic carbocycles. The van der Waals surface area contributed by atoms with Gasteiger partial charge in [0.1, 0.15) is 0 Å². The minimum atomic E-state index is 0.801. The van der Waals surface area contributed by atoms with Gasteiger partial charge in [-0.3, -0.25) is 19.9 Å². The normalized spacial score (nSPS) is 11.0. The molecule has 0 amide bonds. The van der Waals surface area contributed by atoms with E-state index < -0.39 is 0 Å². The Labute approximate surface area is 320 Å². The maximum Gasteiger partial charge on any atom is 0.0900 e. The second kappa shape index (κ2) is 14.9. The quantitative estimate of drug-likeness (QED) is 0.157. The van der Waals surface area contributed by atoms with E-state index >= 15 is 0 Å². The Morgan fingerprint density at radius 1 is 0.255 bits per heavy atom. The highest BCUT2D eigenvalue weighted by Crippen LogP contribution is 2.36. The Morgan fingerprint density at radius 2 is 0.545 bits per heavy atom. The summed E-state index contributed by atoms with van der Waals surface area (Å²) >= 11 is 0. The summed E-state index contributed by atoms with van der Waals surface area (Å²) in [7, 11) is 0. The molecular formula is C49H34N6. The number of aromatic nitrogens is 6. The largest absolute Gasteiger partial charge is 0.255 e. The summed E-state index contributed by atoms with van der Waals surface area (Å²) in [5, 5.41) is 0. The van der Waals surface area contributed by atoms with Gasteiger partial charge in [0.25, 0.3) is 0 Å². The Hall–Kier alpha value is -7.44. The standard InChI is InChI=1S/C49H34N6/c1-33-24-38(34-12-10-14-36(26-34)40-29-46(42-16-2-6-20-50-42)54-47(30-40)43-17-3-7-21-51-43)28-39(25-33)35-13-11-15-37(27-35)41-31-48(44-18-4-8-22-52-44)55-49(32-41)45-19-5-9-23-53-45/h2-32H,1H3. The van der Waals surface area contributed by atoms with Crippen LogP contribution in [0.15, 0.2) is 189 Å². The van der Waals surface area contributed by atoms with Gasteiger partial charge in [0.05, 0.1) is 45.6 Å². The number of hydrogen-bond acceptors (Lipinski definition) is 6. The molecule has 3 aromatic carbocycles. The summed E-state index contributed by atoms with van der Waals surface area (Å²) in [6, 6.07) is 56.2. The maximum absolute atomic E-state index is 4.97. The van der Waals surface area contributed by atoms with Crippen LogP contribution in [0, 0.1) is 6.92 Å². The summed E-state index contributed by atoms with van der Waals surface area (Å²) in [5.41, 5.74) is 16.5. The molecule has 0 fully saturated rings. The van der Waals surface area contributed by atoms with Crippen LogP contribution in [-0.4, -0.2) is 29.9 Å². The summed E-state index contributed by atoms with van der Waals surface area (Å²) in [5.74, 6) is 0. The molecule has 6 heterocycles. The van der Waals surface area contributed by atoms with Crippen molar-refractivity contribution in [2.45, 2.75) is 6.92 Å². The zero-order valence-electron chi connectivity index (χ0n) is 30.1. The SMILES string of the molecule is Cc1cc(-c2cccc(-c3cc(-c4ccccn4)nc(-c4ccccn4)c3)c2)cc(-c2cccc(-c3cc(-c4ccccn4)nc(-c4ccccn4)c3)c2)c1. The molecule has 0 bridgehead atoms. The molecule has 9 rings (SSSR count). The highest BCUT2D eigenvalue weighted by atomic mass is 14.8. The van der Waals surface area contributed by atoms with E-state index in [0.29, 0.717) is 0 Å². The van der Waals surface area contributed by atoms with E-state index in [0.717, 1.165) is 90.1 Å². The first-order valence-corrected chi connectivity index (χ1v) is 18.2. The average Bonchev–Trinajstić information content (AvgIpc) is 3.27. The van der Waals surface area contributed by atoms with Gasteiger partial charge in [0.2, 0.25) is 0 Å². The monoisotopic (exact) mass is 706 g/mol. The number of rotatable bonds is 8. The van der Waals surface area contributed by atoms with Gasteiger partial charge in [-0.25, -0.2) is 9.97 Å². The number of aryl methyl sites for hydroxylation is 1. The van der Waals surface area contributed by atoms with E-state index in [-0.39, 0.29) is 0 Å². The van der Waals surface area contributed by atoms with Crippen molar-refractivity contribution in [2.24, 2.45) is 0 Å². The lowest BCUT2D eigenvalue weighted by molar-refractivity contribution is 1.22. The van der Waals surface area contributed by atoms with Crippen molar-refractivity contribution in [2.75, 3.05) is 0 Å². The zero-order chi connectivity index (χ0) is 37.0. The van der Waals surface area contributed by atoms with Crippen LogP contribution in [-0.2, 0) is 0 Å². The van der Waals surface area contributed by atoms with Crippen molar-refractivity contribution >= 4 is 0 Å². The lowest BCUT2D eigenvalue weighted by Crippen LogP contribution is -1.94. The Bertz CT molecular complexity index is 2450. The minimum Gasteiger partial charge on any atom is -0.255 e. The Morgan fingerprint density at radius 3 is 0.836 bits per heavy atom. The third kappa shape index (κ3) is 7.30. The molecule has 6 aromatic heterocycles. The van der Waals surface area contributed by atoms with E-state index in [1.54, 1.807) is 24.8 Å². The van der Waals surface area contributed by atoms with Crippen molar-refractivity contribution in [1.82, 2.24) is 29.9 Å². The summed E-state index contributed by atoms with van der Waals surface area (Å²) < 4.78 is 0. The molecule has 0 aliphatic rings. The van der Waals surface area contributed by atoms with Crippen LogP contribution in [0.4, 0.5) is 0 Å². The van der Waals surface area contributed by atoms with Crippen molar-refractivity contribution in [3.05, 3.63) is 194 Å². The molecule has 0 saturated heterocycles. The van der Waals surface area contributed by atoms with Crippen molar-refractivity contribution in [1.29, 1.82) is 0 Å². The summed E-state index contributed by atoms with van der Waals surface area (Å²) in [4.78, 5) is 28.4. The van der Waals surface area contributed by atoms with Crippen molar-refractivity contribution < 1.29 is 0 Å². The average molecular weight is 707 g/mol. The lowest BCUT2D eigenvalue weighted by atomic mass is 9.93. The van der Waals surface area contributed by atoms with Gasteiger partial charge in [-0.2, -0.15) is 0 Å². The van der Waals surface area contributed by atoms with Crippen LogP contribution in [0.5, 0.6) is 0 Å². The Balaban J connectivity index is 1.10. The minimum absolute atomic E-state index is 0.801. The zero-order valence-corrected chi connectivity index (χ0v) is 30.1. The molecule has 0 spiro atoms. The van der Waals surface area contributed by atoms with Crippen LogP contribution in [0.1, 0.15) is 5.56 Å². The fourth-order valence-corrected chi connectivity index (χ4v) is 6.85. The highest BCUT2D eigenvalue weighted by Gasteiger charge is 2.14. The fourth-order valence-electron chi connectivity index (χ4n) is 6.85. The van der Waals surface area contributed by atoms with Gasteiger partial charge in [-0.1, -0.05) is 72.8 Å². The van der Waals surface area contributed by atoms with E-state index in [9.17, 15) is 0 Å². The highest BCUT2D eigenvalue weighted by molar-refractivity contribution is 5.82. The van der Waals surface area contributed by atoms with Crippen molar-refractivity contribution in [3.8, 4) is 90.1 Å². The summed E-state index contributed by atoms with van der Waals surface area (Å²) in [6.45, 7) is 2.16. The molecule has 0 saturated carbocycles. The molecule has 0 aliphatic heterocycles. The first-order chi connectivity index (χ1) is 27.1. The van der Waals surface area contributed by atoms with Crippen LogP contribution in [0.25, 0.3) is 90.1 Å². The molecule has 0 atom stereocenters. The second-order valence-corrected chi connectivity index (χ2v) is 13.4. The molecule has 6 nitrogen and oxygen atoms in total. The van der Waals surface area contributed by atoms with E-state index in [4.69, 9.17) is 9.97 Å². The number of pyridine rings is 6. The van der Waals surface area contributed by atoms with E-state index in [1.807, 2.05) is 72.8 Å².